The maximum Gasteiger partial charge on any atom is 0.168 e. The second-order valence-corrected chi connectivity index (χ2v) is 3.62. The van der Waals surface area contributed by atoms with Gasteiger partial charge >= 0.3 is 0 Å². The van der Waals surface area contributed by atoms with Gasteiger partial charge in [0.25, 0.3) is 0 Å². The lowest BCUT2D eigenvalue weighted by Gasteiger charge is -2.12. The predicted molar refractivity (Wildman–Crippen MR) is 70.0 cm³/mol. The van der Waals surface area contributed by atoms with Crippen LogP contribution < -0.4 is 9.47 Å². The van der Waals surface area contributed by atoms with E-state index in [-0.39, 0.29) is 0 Å². The van der Waals surface area contributed by atoms with Crippen molar-refractivity contribution in [2.75, 3.05) is 20.3 Å². The van der Waals surface area contributed by atoms with E-state index >= 15 is 0 Å². The normalized spacial score (nSPS) is 9.83. The number of fused-ring (bicyclic) bond motifs is 1. The monoisotopic (exact) mass is 243 g/mol. The number of nitrogens with zero attached hydrogens (tertiary/aromatic N) is 3. The molecular formula is C13H13N3O2. The molecule has 0 amide bonds. The lowest BCUT2D eigenvalue weighted by molar-refractivity contribution is 0.306. The summed E-state index contributed by atoms with van der Waals surface area (Å²) in [6.45, 7) is 0.622. The number of azide groups is 1. The van der Waals surface area contributed by atoms with Crippen LogP contribution in [-0.4, -0.2) is 20.3 Å². The van der Waals surface area contributed by atoms with Crippen molar-refractivity contribution in [1.29, 1.82) is 0 Å². The zero-order valence-corrected chi connectivity index (χ0v) is 10.0. The topological polar surface area (TPSA) is 67.2 Å². The Kier molecular flexibility index (Phi) is 3.89. The van der Waals surface area contributed by atoms with Gasteiger partial charge in [-0.2, -0.15) is 0 Å². The Morgan fingerprint density at radius 3 is 2.83 bits per heavy atom. The van der Waals surface area contributed by atoms with Crippen LogP contribution in [0.25, 0.3) is 21.2 Å². The van der Waals surface area contributed by atoms with Crippen molar-refractivity contribution >= 4 is 10.8 Å². The average Bonchev–Trinajstić information content (AvgIpc) is 2.43. The van der Waals surface area contributed by atoms with Crippen LogP contribution in [0.1, 0.15) is 0 Å². The fourth-order valence-electron chi connectivity index (χ4n) is 1.77. The average molecular weight is 243 g/mol. The molecule has 0 saturated heterocycles. The number of rotatable bonds is 5. The molecule has 0 saturated carbocycles. The van der Waals surface area contributed by atoms with Crippen LogP contribution in [0.3, 0.4) is 0 Å². The molecular weight excluding hydrogens is 230 g/mol. The summed E-state index contributed by atoms with van der Waals surface area (Å²) in [6, 6.07) is 11.7. The van der Waals surface area contributed by atoms with Crippen molar-refractivity contribution in [1.82, 2.24) is 0 Å². The Labute approximate surface area is 105 Å². The van der Waals surface area contributed by atoms with Gasteiger partial charge in [-0.25, -0.2) is 0 Å². The number of benzene rings is 2. The van der Waals surface area contributed by atoms with Crippen LogP contribution in [0.15, 0.2) is 41.5 Å². The molecule has 0 radical (unpaired) electrons. The number of hydrogen-bond donors (Lipinski definition) is 0. The van der Waals surface area contributed by atoms with Crippen molar-refractivity contribution < 1.29 is 9.47 Å². The highest BCUT2D eigenvalue weighted by Gasteiger charge is 2.08. The third-order valence-electron chi connectivity index (χ3n) is 2.56. The van der Waals surface area contributed by atoms with Gasteiger partial charge in [-0.15, -0.1) is 0 Å². The molecule has 0 fully saturated rings. The Morgan fingerprint density at radius 2 is 2.06 bits per heavy atom. The molecule has 0 unspecified atom stereocenters. The first-order valence-corrected chi connectivity index (χ1v) is 5.56. The summed E-state index contributed by atoms with van der Waals surface area (Å²) in [7, 11) is 1.60. The minimum Gasteiger partial charge on any atom is -0.493 e. The van der Waals surface area contributed by atoms with Crippen LogP contribution in [0.5, 0.6) is 11.5 Å². The minimum absolute atomic E-state index is 0.295. The van der Waals surface area contributed by atoms with E-state index in [2.05, 4.69) is 10.0 Å². The van der Waals surface area contributed by atoms with E-state index in [0.717, 1.165) is 10.8 Å². The fraction of sp³-hybridized carbons (Fsp3) is 0.231. The minimum atomic E-state index is 0.295. The van der Waals surface area contributed by atoms with Gasteiger partial charge in [0.05, 0.1) is 20.3 Å². The molecule has 0 atom stereocenters. The quantitative estimate of drug-likeness (QED) is 0.349. The summed E-state index contributed by atoms with van der Waals surface area (Å²) < 4.78 is 10.9. The zero-order valence-electron chi connectivity index (χ0n) is 10.0. The highest BCUT2D eigenvalue weighted by molar-refractivity contribution is 5.90. The first-order chi connectivity index (χ1) is 8.86. The maximum atomic E-state index is 8.21. The first-order valence-electron chi connectivity index (χ1n) is 5.56. The van der Waals surface area contributed by atoms with Gasteiger partial charge in [0.2, 0.25) is 0 Å². The summed E-state index contributed by atoms with van der Waals surface area (Å²) in [5.41, 5.74) is 8.21. The van der Waals surface area contributed by atoms with Gasteiger partial charge in [0.1, 0.15) is 0 Å². The summed E-state index contributed by atoms with van der Waals surface area (Å²) >= 11 is 0. The summed E-state index contributed by atoms with van der Waals surface area (Å²) in [6.07, 6.45) is 0. The van der Waals surface area contributed by atoms with Crippen molar-refractivity contribution in [3.05, 3.63) is 46.8 Å². The van der Waals surface area contributed by atoms with Crippen LogP contribution in [0.4, 0.5) is 0 Å². The van der Waals surface area contributed by atoms with E-state index in [1.165, 1.54) is 0 Å². The molecule has 0 heterocycles. The Morgan fingerprint density at radius 1 is 1.22 bits per heavy atom. The lowest BCUT2D eigenvalue weighted by Crippen LogP contribution is -2.02. The van der Waals surface area contributed by atoms with E-state index in [9.17, 15) is 0 Å². The molecule has 2 aromatic carbocycles. The Balaban J connectivity index is 2.35. The predicted octanol–water partition coefficient (Wildman–Crippen LogP) is 3.54. The molecule has 0 bridgehead atoms. The van der Waals surface area contributed by atoms with Gasteiger partial charge in [-0.1, -0.05) is 35.4 Å². The number of hydrogen-bond acceptors (Lipinski definition) is 3. The van der Waals surface area contributed by atoms with Gasteiger partial charge in [-0.05, 0) is 17.0 Å². The van der Waals surface area contributed by atoms with E-state index in [1.54, 1.807) is 7.11 Å². The molecule has 2 rings (SSSR count). The van der Waals surface area contributed by atoms with E-state index in [1.807, 2.05) is 36.4 Å². The summed E-state index contributed by atoms with van der Waals surface area (Å²) in [4.78, 5) is 2.69. The molecule has 0 spiro atoms. The van der Waals surface area contributed by atoms with Gasteiger partial charge in [-0.3, -0.25) is 0 Å². The standard InChI is InChI=1S/C13H13N3O2/c1-17-12-7-6-10-4-2-3-5-11(10)13(12)18-9-8-15-16-14/h2-7H,8-9H2,1H3. The molecule has 5 heteroatoms. The molecule has 18 heavy (non-hydrogen) atoms. The lowest BCUT2D eigenvalue weighted by atomic mass is 10.1. The smallest absolute Gasteiger partial charge is 0.168 e. The van der Waals surface area contributed by atoms with Gasteiger partial charge in [0.15, 0.2) is 11.5 Å². The molecule has 2 aromatic rings. The molecule has 0 aliphatic heterocycles. The Bertz CT molecular complexity index is 592. The van der Waals surface area contributed by atoms with Crippen molar-refractivity contribution in [2.24, 2.45) is 5.11 Å². The molecule has 0 N–H and O–H groups in total. The molecule has 0 aliphatic rings. The Hall–Kier alpha value is -2.39. The van der Waals surface area contributed by atoms with Crippen molar-refractivity contribution in [3.63, 3.8) is 0 Å². The van der Waals surface area contributed by atoms with Crippen LogP contribution in [0.2, 0.25) is 0 Å². The highest BCUT2D eigenvalue weighted by atomic mass is 16.5. The summed E-state index contributed by atoms with van der Waals surface area (Å²) in [5.74, 6) is 1.36. The summed E-state index contributed by atoms with van der Waals surface area (Å²) in [5, 5.41) is 5.50. The van der Waals surface area contributed by atoms with Crippen LogP contribution in [-0.2, 0) is 0 Å². The SMILES string of the molecule is COc1ccc2ccccc2c1OCCN=[N+]=[N-]. The molecule has 92 valence electrons. The van der Waals surface area contributed by atoms with Crippen LogP contribution >= 0.6 is 0 Å². The number of ether oxygens (including phenoxy) is 2. The van der Waals surface area contributed by atoms with E-state index in [4.69, 9.17) is 15.0 Å². The second-order valence-electron chi connectivity index (χ2n) is 3.62. The molecule has 0 aliphatic carbocycles. The largest absolute Gasteiger partial charge is 0.493 e. The van der Waals surface area contributed by atoms with Crippen molar-refractivity contribution in [3.8, 4) is 11.5 Å². The maximum absolute atomic E-state index is 8.21. The van der Waals surface area contributed by atoms with Gasteiger partial charge in [0, 0.05) is 10.3 Å². The third-order valence-corrected chi connectivity index (χ3v) is 2.56. The van der Waals surface area contributed by atoms with E-state index < -0.39 is 0 Å². The highest BCUT2D eigenvalue weighted by Crippen LogP contribution is 2.35. The van der Waals surface area contributed by atoms with Crippen molar-refractivity contribution in [2.45, 2.75) is 0 Å². The number of methoxy groups -OCH3 is 1. The zero-order chi connectivity index (χ0) is 12.8. The first kappa shape index (κ1) is 12.1. The van der Waals surface area contributed by atoms with Crippen LogP contribution in [0, 0.1) is 0 Å². The molecule has 0 aromatic heterocycles. The molecule has 5 nitrogen and oxygen atoms in total. The third kappa shape index (κ3) is 2.47. The fourth-order valence-corrected chi connectivity index (χ4v) is 1.77. The van der Waals surface area contributed by atoms with E-state index in [0.29, 0.717) is 24.7 Å². The van der Waals surface area contributed by atoms with Gasteiger partial charge < -0.3 is 9.47 Å². The second kappa shape index (κ2) is 5.80.